The average Bonchev–Trinajstić information content (AvgIpc) is 2.45. The van der Waals surface area contributed by atoms with Crippen LogP contribution in [0, 0.1) is 0 Å². The highest BCUT2D eigenvalue weighted by Gasteiger charge is 2.41. The van der Waals surface area contributed by atoms with Crippen LogP contribution in [0.1, 0.15) is 0 Å². The Morgan fingerprint density at radius 2 is 1.95 bits per heavy atom. The summed E-state index contributed by atoms with van der Waals surface area (Å²) in [4.78, 5) is 13.9. The monoisotopic (exact) mass is 366 g/mol. The number of hydrogen-bond acceptors (Lipinski definition) is 3. The van der Waals surface area contributed by atoms with Crippen molar-refractivity contribution in [3.05, 3.63) is 22.7 Å². The molecule has 1 aromatic rings. The van der Waals surface area contributed by atoms with E-state index in [4.69, 9.17) is 4.74 Å². The quantitative estimate of drug-likeness (QED) is 0.806. The average molecular weight is 367 g/mol. The van der Waals surface area contributed by atoms with Crippen LogP contribution < -0.4 is 9.80 Å². The highest BCUT2D eigenvalue weighted by Crippen LogP contribution is 2.32. The van der Waals surface area contributed by atoms with Crippen molar-refractivity contribution in [3.63, 3.8) is 0 Å². The topological polar surface area (TPSA) is 32.8 Å². The molecule has 0 N–H and O–H groups in total. The lowest BCUT2D eigenvalue weighted by Gasteiger charge is -2.30. The molecule has 0 aromatic heterocycles. The zero-order chi connectivity index (χ0) is 15.6. The number of morpholine rings is 1. The number of halogens is 4. The summed E-state index contributed by atoms with van der Waals surface area (Å²) < 4.78 is 43.2. The summed E-state index contributed by atoms with van der Waals surface area (Å²) in [6.45, 7) is 2.66. The summed E-state index contributed by atoms with van der Waals surface area (Å²) in [5.74, 6) is -1.89. The van der Waals surface area contributed by atoms with E-state index in [1.807, 2.05) is 0 Å². The maximum absolute atomic E-state index is 12.4. The molecule has 1 aliphatic heterocycles. The highest BCUT2D eigenvalue weighted by molar-refractivity contribution is 9.10. The van der Waals surface area contributed by atoms with Crippen LogP contribution in [-0.4, -0.2) is 45.4 Å². The van der Waals surface area contributed by atoms with Gasteiger partial charge < -0.3 is 14.5 Å². The van der Waals surface area contributed by atoms with Crippen molar-refractivity contribution in [1.29, 1.82) is 0 Å². The Morgan fingerprint density at radius 3 is 2.48 bits per heavy atom. The first kappa shape index (κ1) is 16.1. The molecule has 0 atom stereocenters. The second-order valence-corrected chi connectivity index (χ2v) is 5.45. The predicted octanol–water partition coefficient (Wildman–Crippen LogP) is 2.81. The molecular weight excluding hydrogens is 353 g/mol. The van der Waals surface area contributed by atoms with Gasteiger partial charge in [-0.15, -0.1) is 0 Å². The molecular formula is C13H14BrF3N2O2. The molecule has 1 aliphatic rings. The minimum absolute atomic E-state index is 0.182. The Kier molecular flexibility index (Phi) is 4.77. The van der Waals surface area contributed by atoms with E-state index in [2.05, 4.69) is 20.8 Å². The van der Waals surface area contributed by atoms with Gasteiger partial charge in [-0.1, -0.05) is 0 Å². The first-order valence-electron chi connectivity index (χ1n) is 6.28. The molecule has 1 amide bonds. The van der Waals surface area contributed by atoms with Gasteiger partial charge in [0.1, 0.15) is 0 Å². The molecule has 8 heteroatoms. The molecule has 0 saturated carbocycles. The largest absolute Gasteiger partial charge is 0.471 e. The molecule has 21 heavy (non-hydrogen) atoms. The fourth-order valence-electron chi connectivity index (χ4n) is 2.07. The van der Waals surface area contributed by atoms with Crippen molar-refractivity contribution in [1.82, 2.24) is 0 Å². The number of carbonyl (C=O) groups is 1. The van der Waals surface area contributed by atoms with Crippen molar-refractivity contribution in [2.45, 2.75) is 6.18 Å². The molecule has 0 radical (unpaired) electrons. The van der Waals surface area contributed by atoms with Gasteiger partial charge in [-0.2, -0.15) is 13.2 Å². The van der Waals surface area contributed by atoms with Gasteiger partial charge in [-0.3, -0.25) is 4.79 Å². The number of carbonyl (C=O) groups excluding carboxylic acids is 1. The van der Waals surface area contributed by atoms with E-state index in [0.29, 0.717) is 22.6 Å². The Labute approximate surface area is 128 Å². The number of anilines is 2. The first-order valence-corrected chi connectivity index (χ1v) is 7.07. The number of hydrogen-bond donors (Lipinski definition) is 0. The number of nitrogens with zero attached hydrogens (tertiary/aromatic N) is 2. The molecule has 1 aromatic carbocycles. The van der Waals surface area contributed by atoms with Crippen LogP contribution in [0.3, 0.4) is 0 Å². The SMILES string of the molecule is CN(C(=O)C(F)(F)F)c1ccc(N2CCOCC2)c(Br)c1. The molecule has 116 valence electrons. The molecule has 0 aliphatic carbocycles. The molecule has 1 fully saturated rings. The molecule has 2 rings (SSSR count). The van der Waals surface area contributed by atoms with E-state index >= 15 is 0 Å². The van der Waals surface area contributed by atoms with E-state index in [1.165, 1.54) is 12.1 Å². The summed E-state index contributed by atoms with van der Waals surface area (Å²) in [6.07, 6.45) is -4.88. The van der Waals surface area contributed by atoms with E-state index in [9.17, 15) is 18.0 Å². The maximum Gasteiger partial charge on any atom is 0.471 e. The second kappa shape index (κ2) is 6.23. The zero-order valence-corrected chi connectivity index (χ0v) is 12.9. The van der Waals surface area contributed by atoms with Crippen LogP contribution in [0.2, 0.25) is 0 Å². The normalized spacial score (nSPS) is 16.0. The number of benzene rings is 1. The van der Waals surface area contributed by atoms with Gasteiger partial charge in [-0.25, -0.2) is 0 Å². The van der Waals surface area contributed by atoms with Gasteiger partial charge >= 0.3 is 12.1 Å². The molecule has 4 nitrogen and oxygen atoms in total. The smallest absolute Gasteiger partial charge is 0.378 e. The Morgan fingerprint density at radius 1 is 1.33 bits per heavy atom. The third-order valence-electron chi connectivity index (χ3n) is 3.22. The predicted molar refractivity (Wildman–Crippen MR) is 76.6 cm³/mol. The van der Waals surface area contributed by atoms with E-state index < -0.39 is 12.1 Å². The minimum atomic E-state index is -4.88. The number of ether oxygens (including phenoxy) is 1. The standard InChI is InChI=1S/C13H14BrF3N2O2/c1-18(12(20)13(15,16)17)9-2-3-11(10(14)8-9)19-4-6-21-7-5-19/h2-3,8H,4-7H2,1H3. The number of amides is 1. The van der Waals surface area contributed by atoms with Crippen molar-refractivity contribution in [2.75, 3.05) is 43.2 Å². The lowest BCUT2D eigenvalue weighted by Crippen LogP contribution is -2.38. The Hall–Kier alpha value is -1.28. The van der Waals surface area contributed by atoms with Gasteiger partial charge in [0.15, 0.2) is 0 Å². The third-order valence-corrected chi connectivity index (χ3v) is 3.85. The van der Waals surface area contributed by atoms with Gasteiger partial charge in [-0.05, 0) is 34.1 Å². The van der Waals surface area contributed by atoms with E-state index in [0.717, 1.165) is 25.8 Å². The van der Waals surface area contributed by atoms with E-state index in [-0.39, 0.29) is 5.69 Å². The van der Waals surface area contributed by atoms with Crippen molar-refractivity contribution in [2.24, 2.45) is 0 Å². The lowest BCUT2D eigenvalue weighted by atomic mass is 10.2. The van der Waals surface area contributed by atoms with Gasteiger partial charge in [0.2, 0.25) is 0 Å². The van der Waals surface area contributed by atoms with Crippen LogP contribution in [0.15, 0.2) is 22.7 Å². The minimum Gasteiger partial charge on any atom is -0.378 e. The van der Waals surface area contributed by atoms with Gasteiger partial charge in [0.25, 0.3) is 0 Å². The Balaban J connectivity index is 2.20. The molecule has 0 unspecified atom stereocenters. The fourth-order valence-corrected chi connectivity index (χ4v) is 2.69. The van der Waals surface area contributed by atoms with Crippen LogP contribution in [0.4, 0.5) is 24.5 Å². The van der Waals surface area contributed by atoms with Crippen molar-refractivity contribution in [3.8, 4) is 0 Å². The van der Waals surface area contributed by atoms with Gasteiger partial charge in [0, 0.05) is 30.3 Å². The summed E-state index contributed by atoms with van der Waals surface area (Å²) in [6, 6.07) is 4.71. The molecule has 0 bridgehead atoms. The number of alkyl halides is 3. The summed E-state index contributed by atoms with van der Waals surface area (Å²) in [7, 11) is 1.10. The zero-order valence-electron chi connectivity index (χ0n) is 11.3. The van der Waals surface area contributed by atoms with Crippen LogP contribution in [0.25, 0.3) is 0 Å². The van der Waals surface area contributed by atoms with Crippen LogP contribution >= 0.6 is 15.9 Å². The summed E-state index contributed by atoms with van der Waals surface area (Å²) >= 11 is 3.35. The van der Waals surface area contributed by atoms with Crippen molar-refractivity contribution < 1.29 is 22.7 Å². The lowest BCUT2D eigenvalue weighted by molar-refractivity contribution is -0.170. The molecule has 1 heterocycles. The fraction of sp³-hybridized carbons (Fsp3) is 0.462. The second-order valence-electron chi connectivity index (χ2n) is 4.60. The number of rotatable bonds is 2. The summed E-state index contributed by atoms with van der Waals surface area (Å²) in [5.41, 5.74) is 1.05. The third kappa shape index (κ3) is 3.68. The van der Waals surface area contributed by atoms with Gasteiger partial charge in [0.05, 0.1) is 18.9 Å². The van der Waals surface area contributed by atoms with Crippen LogP contribution in [-0.2, 0) is 9.53 Å². The van der Waals surface area contributed by atoms with Crippen LogP contribution in [0.5, 0.6) is 0 Å². The Bertz CT molecular complexity index is 531. The summed E-state index contributed by atoms with van der Waals surface area (Å²) in [5, 5.41) is 0. The molecule has 0 spiro atoms. The molecule has 1 saturated heterocycles. The first-order chi connectivity index (χ1) is 9.80. The maximum atomic E-state index is 12.4. The van der Waals surface area contributed by atoms with E-state index in [1.54, 1.807) is 6.07 Å². The highest BCUT2D eigenvalue weighted by atomic mass is 79.9. The van der Waals surface area contributed by atoms with Crippen molar-refractivity contribution >= 4 is 33.2 Å².